The van der Waals surface area contributed by atoms with Gasteiger partial charge in [0.2, 0.25) is 0 Å². The molecule has 0 aliphatic rings. The highest BCUT2D eigenvalue weighted by atomic mass is 16.5. The third-order valence-electron chi connectivity index (χ3n) is 2.46. The van der Waals surface area contributed by atoms with E-state index in [1.54, 1.807) is 6.92 Å². The summed E-state index contributed by atoms with van der Waals surface area (Å²) >= 11 is 0. The molecule has 0 fully saturated rings. The fourth-order valence-electron chi connectivity index (χ4n) is 1.52. The Labute approximate surface area is 98.0 Å². The first-order valence-corrected chi connectivity index (χ1v) is 5.95. The van der Waals surface area contributed by atoms with Crippen molar-refractivity contribution in [2.75, 3.05) is 6.61 Å². The van der Waals surface area contributed by atoms with E-state index in [2.05, 4.69) is 18.3 Å². The highest BCUT2D eigenvalue weighted by Gasteiger charge is 2.17. The number of carbonyl (C=O) groups excluding carboxylic acids is 1. The zero-order valence-corrected chi connectivity index (χ0v) is 10.5. The zero-order valence-electron chi connectivity index (χ0n) is 10.5. The largest absolute Gasteiger partial charge is 0.465 e. The second kappa shape index (κ2) is 9.17. The Morgan fingerprint density at radius 2 is 2.19 bits per heavy atom. The SMILES string of the molecule is CCOC(=O)C(C)NC(CC)CCCC#N. The number of hydrogen-bond donors (Lipinski definition) is 1. The lowest BCUT2D eigenvalue weighted by Gasteiger charge is -2.20. The van der Waals surface area contributed by atoms with Crippen LogP contribution in [0.25, 0.3) is 0 Å². The zero-order chi connectivity index (χ0) is 12.4. The van der Waals surface area contributed by atoms with Gasteiger partial charge in [-0.1, -0.05) is 6.92 Å². The summed E-state index contributed by atoms with van der Waals surface area (Å²) < 4.78 is 4.92. The summed E-state index contributed by atoms with van der Waals surface area (Å²) in [4.78, 5) is 11.4. The van der Waals surface area contributed by atoms with Crippen molar-refractivity contribution >= 4 is 5.97 Å². The topological polar surface area (TPSA) is 62.1 Å². The lowest BCUT2D eigenvalue weighted by atomic mass is 10.1. The lowest BCUT2D eigenvalue weighted by molar-refractivity contribution is -0.145. The Morgan fingerprint density at radius 3 is 2.69 bits per heavy atom. The fraction of sp³-hybridized carbons (Fsp3) is 0.833. The maximum absolute atomic E-state index is 11.4. The Kier molecular flexibility index (Phi) is 8.55. The van der Waals surface area contributed by atoms with Crippen molar-refractivity contribution in [2.45, 2.75) is 58.5 Å². The maximum Gasteiger partial charge on any atom is 0.322 e. The first-order valence-electron chi connectivity index (χ1n) is 5.95. The first kappa shape index (κ1) is 14.9. The number of nitriles is 1. The van der Waals surface area contributed by atoms with Crippen LogP contribution >= 0.6 is 0 Å². The molecule has 2 unspecified atom stereocenters. The van der Waals surface area contributed by atoms with E-state index in [9.17, 15) is 4.79 Å². The van der Waals surface area contributed by atoms with Crippen LogP contribution in [0.2, 0.25) is 0 Å². The van der Waals surface area contributed by atoms with Gasteiger partial charge in [0, 0.05) is 12.5 Å². The molecule has 0 amide bonds. The van der Waals surface area contributed by atoms with Crippen LogP contribution in [-0.4, -0.2) is 24.7 Å². The predicted octanol–water partition coefficient (Wildman–Crippen LogP) is 2.00. The number of unbranched alkanes of at least 4 members (excludes halogenated alkanes) is 1. The Hall–Kier alpha value is -1.08. The number of carbonyl (C=O) groups is 1. The van der Waals surface area contributed by atoms with Gasteiger partial charge in [-0.25, -0.2) is 0 Å². The molecule has 0 heterocycles. The van der Waals surface area contributed by atoms with Gasteiger partial charge in [-0.15, -0.1) is 0 Å². The van der Waals surface area contributed by atoms with E-state index in [0.29, 0.717) is 13.0 Å². The number of rotatable bonds is 8. The van der Waals surface area contributed by atoms with Crippen LogP contribution in [0.5, 0.6) is 0 Å². The summed E-state index contributed by atoms with van der Waals surface area (Å²) in [6, 6.07) is 2.14. The molecular formula is C12H22N2O2. The molecule has 4 heteroatoms. The average Bonchev–Trinajstić information content (AvgIpc) is 2.28. The molecule has 0 spiro atoms. The van der Waals surface area contributed by atoms with Gasteiger partial charge < -0.3 is 10.1 Å². The number of ether oxygens (including phenoxy) is 1. The molecule has 0 aromatic rings. The van der Waals surface area contributed by atoms with Crippen LogP contribution < -0.4 is 5.32 Å². The lowest BCUT2D eigenvalue weighted by Crippen LogP contribution is -2.42. The van der Waals surface area contributed by atoms with Crippen molar-refractivity contribution in [3.63, 3.8) is 0 Å². The van der Waals surface area contributed by atoms with Crippen molar-refractivity contribution < 1.29 is 9.53 Å². The van der Waals surface area contributed by atoms with Gasteiger partial charge >= 0.3 is 5.97 Å². The maximum atomic E-state index is 11.4. The van der Waals surface area contributed by atoms with Gasteiger partial charge in [0.1, 0.15) is 6.04 Å². The van der Waals surface area contributed by atoms with Crippen molar-refractivity contribution in [3.05, 3.63) is 0 Å². The quantitative estimate of drug-likeness (QED) is 0.508. The van der Waals surface area contributed by atoms with E-state index < -0.39 is 0 Å². The molecule has 0 aromatic carbocycles. The van der Waals surface area contributed by atoms with E-state index in [1.807, 2.05) is 6.92 Å². The third-order valence-corrected chi connectivity index (χ3v) is 2.46. The van der Waals surface area contributed by atoms with Crippen molar-refractivity contribution in [3.8, 4) is 6.07 Å². The van der Waals surface area contributed by atoms with Gasteiger partial charge in [-0.3, -0.25) is 4.79 Å². The molecule has 0 aromatic heterocycles. The molecule has 0 saturated heterocycles. The Morgan fingerprint density at radius 1 is 1.50 bits per heavy atom. The van der Waals surface area contributed by atoms with Gasteiger partial charge in [-0.2, -0.15) is 5.26 Å². The van der Waals surface area contributed by atoms with Crippen LogP contribution in [0, 0.1) is 11.3 Å². The molecule has 0 radical (unpaired) electrons. The molecule has 92 valence electrons. The molecule has 2 atom stereocenters. The summed E-state index contributed by atoms with van der Waals surface area (Å²) in [7, 11) is 0. The highest BCUT2D eigenvalue weighted by Crippen LogP contribution is 2.05. The monoisotopic (exact) mass is 226 g/mol. The molecule has 16 heavy (non-hydrogen) atoms. The predicted molar refractivity (Wildman–Crippen MR) is 62.8 cm³/mol. The van der Waals surface area contributed by atoms with Crippen LogP contribution in [0.15, 0.2) is 0 Å². The summed E-state index contributed by atoms with van der Waals surface area (Å²) in [6.45, 7) is 6.10. The van der Waals surface area contributed by atoms with Crippen LogP contribution in [0.1, 0.15) is 46.5 Å². The van der Waals surface area contributed by atoms with E-state index in [-0.39, 0.29) is 18.1 Å². The number of nitrogens with one attached hydrogen (secondary N) is 1. The summed E-state index contributed by atoms with van der Waals surface area (Å²) in [6.07, 6.45) is 3.33. The first-order chi connectivity index (χ1) is 7.65. The number of nitrogens with zero attached hydrogens (tertiary/aromatic N) is 1. The minimum atomic E-state index is -0.271. The number of esters is 1. The van der Waals surface area contributed by atoms with Gasteiger partial charge in [0.15, 0.2) is 0 Å². The van der Waals surface area contributed by atoms with Gasteiger partial charge in [0.05, 0.1) is 12.7 Å². The van der Waals surface area contributed by atoms with E-state index in [0.717, 1.165) is 19.3 Å². The normalized spacial score (nSPS) is 13.9. The summed E-state index contributed by atoms with van der Waals surface area (Å²) in [5, 5.41) is 11.7. The molecule has 0 saturated carbocycles. The van der Waals surface area contributed by atoms with Crippen LogP contribution in [-0.2, 0) is 9.53 Å². The van der Waals surface area contributed by atoms with Crippen molar-refractivity contribution in [1.29, 1.82) is 5.26 Å². The average molecular weight is 226 g/mol. The summed E-state index contributed by atoms with van der Waals surface area (Å²) in [5.74, 6) is -0.207. The standard InChI is InChI=1S/C12H22N2O2/c1-4-11(8-6-7-9-13)14-10(3)12(15)16-5-2/h10-11,14H,4-8H2,1-3H3. The van der Waals surface area contributed by atoms with E-state index in [1.165, 1.54) is 0 Å². The second-order valence-electron chi connectivity index (χ2n) is 3.80. The molecule has 0 rings (SSSR count). The smallest absolute Gasteiger partial charge is 0.322 e. The van der Waals surface area contributed by atoms with Gasteiger partial charge in [-0.05, 0) is 33.1 Å². The minimum absolute atomic E-state index is 0.207. The van der Waals surface area contributed by atoms with Crippen molar-refractivity contribution in [2.24, 2.45) is 0 Å². The molecule has 0 bridgehead atoms. The highest BCUT2D eigenvalue weighted by molar-refractivity contribution is 5.75. The van der Waals surface area contributed by atoms with Crippen LogP contribution in [0.4, 0.5) is 0 Å². The third kappa shape index (κ3) is 6.41. The van der Waals surface area contributed by atoms with Crippen LogP contribution in [0.3, 0.4) is 0 Å². The van der Waals surface area contributed by atoms with E-state index in [4.69, 9.17) is 10.00 Å². The minimum Gasteiger partial charge on any atom is -0.465 e. The molecule has 0 aliphatic carbocycles. The second-order valence-corrected chi connectivity index (χ2v) is 3.80. The van der Waals surface area contributed by atoms with Gasteiger partial charge in [0.25, 0.3) is 0 Å². The van der Waals surface area contributed by atoms with E-state index >= 15 is 0 Å². The fourth-order valence-corrected chi connectivity index (χ4v) is 1.52. The number of hydrogen-bond acceptors (Lipinski definition) is 4. The molecule has 1 N–H and O–H groups in total. The Bertz CT molecular complexity index is 236. The Balaban J connectivity index is 3.91. The summed E-state index contributed by atoms with van der Waals surface area (Å²) in [5.41, 5.74) is 0. The molecule has 4 nitrogen and oxygen atoms in total. The molecule has 0 aliphatic heterocycles. The molecular weight excluding hydrogens is 204 g/mol. The van der Waals surface area contributed by atoms with Crippen molar-refractivity contribution in [1.82, 2.24) is 5.32 Å².